The number of aryl methyl sites for hydroxylation is 1. The van der Waals surface area contributed by atoms with Crippen molar-refractivity contribution < 1.29 is 49.5 Å². The lowest BCUT2D eigenvalue weighted by atomic mass is 9.73. The fraction of sp³-hybridized carbons (Fsp3) is 0.500. The molecule has 554 valence electrons. The van der Waals surface area contributed by atoms with Gasteiger partial charge in [0, 0.05) is 98.3 Å². The number of carbonyl (C=O) groups excluding carboxylic acids is 3. The topological polar surface area (TPSA) is 235 Å². The third-order valence-electron chi connectivity index (χ3n) is 19.4. The first-order valence-corrected chi connectivity index (χ1v) is 40.6. The van der Waals surface area contributed by atoms with E-state index in [-0.39, 0.29) is 41.8 Å². The van der Waals surface area contributed by atoms with Crippen LogP contribution in [-0.2, 0) is 29.4 Å². The number of likely N-dealkylation sites (tertiary alicyclic amines) is 1. The number of benzene rings is 5. The molecule has 0 unspecified atom stereocenters. The number of nitrogens with zero attached hydrogens (tertiary/aromatic N) is 4. The minimum Gasteiger partial charge on any atom is -0.391 e. The largest absolute Gasteiger partial charge is 0.501 e. The summed E-state index contributed by atoms with van der Waals surface area (Å²) in [4.78, 5) is 52.0. The average Bonchev–Trinajstić information content (AvgIpc) is 1.07. The van der Waals surface area contributed by atoms with Crippen molar-refractivity contribution in [3.8, 4) is 10.4 Å². The van der Waals surface area contributed by atoms with Gasteiger partial charge in [-0.3, -0.25) is 14.4 Å². The van der Waals surface area contributed by atoms with Crippen LogP contribution in [0.25, 0.3) is 16.0 Å². The number of carbonyl (C=O) groups is 3. The minimum absolute atomic E-state index is 0.0496. The number of piperazine rings is 1. The molecular formula is C76H100ClF3N10O8S4. The van der Waals surface area contributed by atoms with Crippen molar-refractivity contribution in [2.75, 3.05) is 88.4 Å². The summed E-state index contributed by atoms with van der Waals surface area (Å²) < 4.78 is 99.8. The predicted molar refractivity (Wildman–Crippen MR) is 404 cm³/mol. The first-order valence-electron chi connectivity index (χ1n) is 35.4. The first kappa shape index (κ1) is 79.7. The number of alkyl halides is 3. The lowest BCUT2D eigenvalue weighted by Crippen LogP contribution is -2.56. The molecule has 7 N–H and O–H groups in total. The summed E-state index contributed by atoms with van der Waals surface area (Å²) in [6.07, 6.45) is 8.88. The Morgan fingerprint density at radius 2 is 1.46 bits per heavy atom. The second kappa shape index (κ2) is 36.1. The van der Waals surface area contributed by atoms with E-state index < -0.39 is 76.4 Å². The van der Waals surface area contributed by atoms with E-state index in [0.717, 1.165) is 129 Å². The van der Waals surface area contributed by atoms with Gasteiger partial charge in [-0.1, -0.05) is 132 Å². The Bertz CT molecular complexity index is 4020. The first-order chi connectivity index (χ1) is 48.4. The van der Waals surface area contributed by atoms with Crippen molar-refractivity contribution in [2.24, 2.45) is 10.8 Å². The Morgan fingerprint density at radius 1 is 0.804 bits per heavy atom. The predicted octanol–water partition coefficient (Wildman–Crippen LogP) is 13.6. The van der Waals surface area contributed by atoms with Crippen LogP contribution in [0.15, 0.2) is 147 Å². The molecule has 9 rings (SSSR count). The minimum atomic E-state index is -6.13. The van der Waals surface area contributed by atoms with Crippen LogP contribution in [0, 0.1) is 17.8 Å². The van der Waals surface area contributed by atoms with Gasteiger partial charge >= 0.3 is 5.51 Å². The average molecular weight is 1500 g/mol. The highest BCUT2D eigenvalue weighted by molar-refractivity contribution is 7.99. The molecule has 18 nitrogen and oxygen atoms in total. The number of thiazole rings is 1. The smallest absolute Gasteiger partial charge is 0.391 e. The lowest BCUT2D eigenvalue weighted by molar-refractivity contribution is -0.142. The number of thioether (sulfide) groups is 1. The molecule has 2 saturated heterocycles. The highest BCUT2D eigenvalue weighted by Gasteiger charge is 2.49. The van der Waals surface area contributed by atoms with Gasteiger partial charge in [0.05, 0.1) is 44.9 Å². The number of sulfone groups is 1. The van der Waals surface area contributed by atoms with Gasteiger partial charge in [-0.2, -0.15) is 13.2 Å². The number of sulfonamides is 1. The number of hydrogen-bond acceptors (Lipinski definition) is 17. The molecule has 1 aromatic heterocycles. The van der Waals surface area contributed by atoms with E-state index in [1.54, 1.807) is 28.4 Å². The summed E-state index contributed by atoms with van der Waals surface area (Å²) in [5.41, 5.74) is 2.79. The number of hydrogen-bond donors (Lipinski definition) is 7. The Labute approximate surface area is 614 Å². The second-order valence-corrected chi connectivity index (χ2v) is 35.0. The number of halogens is 4. The molecular weight excluding hydrogens is 1400 g/mol. The number of amides is 3. The van der Waals surface area contributed by atoms with Crippen LogP contribution in [-0.4, -0.2) is 167 Å². The Morgan fingerprint density at radius 3 is 2.12 bits per heavy atom. The molecule has 102 heavy (non-hydrogen) atoms. The number of β-amino-alcohol motifs (C(OH)–C–C–N with tert-alkyl or cyclic N) is 1. The van der Waals surface area contributed by atoms with Crippen LogP contribution in [0.2, 0.25) is 5.02 Å². The molecule has 0 saturated carbocycles. The highest BCUT2D eigenvalue weighted by Crippen LogP contribution is 2.43. The van der Waals surface area contributed by atoms with E-state index in [4.69, 9.17) is 11.6 Å². The summed E-state index contributed by atoms with van der Waals surface area (Å²) >= 11 is 9.21. The Kier molecular flexibility index (Phi) is 28.2. The van der Waals surface area contributed by atoms with E-state index in [0.29, 0.717) is 61.7 Å². The Hall–Kier alpha value is -6.39. The number of unbranched alkanes of at least 4 members (excludes halogenated alkanes) is 5. The van der Waals surface area contributed by atoms with Crippen LogP contribution in [0.3, 0.4) is 0 Å². The van der Waals surface area contributed by atoms with Crippen LogP contribution < -0.4 is 31.3 Å². The molecule has 3 amide bonds. The number of anilines is 2. The molecule has 0 bridgehead atoms. The van der Waals surface area contributed by atoms with Gasteiger partial charge in [0.15, 0.2) is 0 Å². The van der Waals surface area contributed by atoms with Gasteiger partial charge in [-0.15, -0.1) is 23.1 Å². The van der Waals surface area contributed by atoms with Crippen LogP contribution in [0.1, 0.15) is 145 Å². The zero-order valence-corrected chi connectivity index (χ0v) is 63.5. The molecule has 5 aromatic carbocycles. The van der Waals surface area contributed by atoms with Crippen molar-refractivity contribution in [1.82, 2.24) is 40.4 Å². The molecule has 6 aromatic rings. The second-order valence-electron chi connectivity index (χ2n) is 29.0. The number of rotatable bonds is 34. The number of aliphatic hydroxyl groups is 1. The maximum absolute atomic E-state index is 14.5. The van der Waals surface area contributed by atoms with E-state index in [1.165, 1.54) is 40.6 Å². The highest BCUT2D eigenvalue weighted by atomic mass is 35.5. The van der Waals surface area contributed by atoms with Gasteiger partial charge in [0.1, 0.15) is 10.9 Å². The summed E-state index contributed by atoms with van der Waals surface area (Å²) in [5, 5.41) is 28.0. The Balaban J connectivity index is 0.708. The van der Waals surface area contributed by atoms with E-state index >= 15 is 0 Å². The van der Waals surface area contributed by atoms with Crippen LogP contribution in [0.5, 0.6) is 0 Å². The number of aliphatic hydroxyl groups excluding tert-OH is 1. The molecule has 2 aliphatic heterocycles. The van der Waals surface area contributed by atoms with Crippen LogP contribution in [0.4, 0.5) is 24.5 Å². The summed E-state index contributed by atoms with van der Waals surface area (Å²) in [5.74, 6) is -1.20. The van der Waals surface area contributed by atoms with Crippen molar-refractivity contribution in [1.29, 1.82) is 0 Å². The van der Waals surface area contributed by atoms with Crippen molar-refractivity contribution in [3.63, 3.8) is 0 Å². The normalized spacial score (nSPS) is 18.0. The van der Waals surface area contributed by atoms with Crippen molar-refractivity contribution in [2.45, 2.75) is 170 Å². The summed E-state index contributed by atoms with van der Waals surface area (Å²) in [7, 11) is -11.0. The van der Waals surface area contributed by atoms with E-state index in [2.05, 4.69) is 67.3 Å². The molecule has 3 heterocycles. The lowest BCUT2D eigenvalue weighted by Gasteiger charge is -2.36. The molecule has 0 spiro atoms. The van der Waals surface area contributed by atoms with E-state index in [1.807, 2.05) is 112 Å². The van der Waals surface area contributed by atoms with Crippen molar-refractivity contribution in [3.05, 3.63) is 160 Å². The fourth-order valence-electron chi connectivity index (χ4n) is 13.5. The third-order valence-corrected chi connectivity index (χ3v) is 24.6. The number of nitrogens with one attached hydrogen (secondary N) is 6. The zero-order chi connectivity index (χ0) is 73.4. The van der Waals surface area contributed by atoms with E-state index in [9.17, 15) is 49.5 Å². The van der Waals surface area contributed by atoms with Crippen molar-refractivity contribution >= 4 is 89.2 Å². The van der Waals surface area contributed by atoms with Crippen LogP contribution >= 0.6 is 34.7 Å². The monoisotopic (exact) mass is 1500 g/mol. The van der Waals surface area contributed by atoms with Gasteiger partial charge in [0.2, 0.25) is 11.8 Å². The molecule has 2 fully saturated rings. The maximum atomic E-state index is 14.5. The summed E-state index contributed by atoms with van der Waals surface area (Å²) in [6, 6.07) is 31.7. The maximum Gasteiger partial charge on any atom is 0.501 e. The van der Waals surface area contributed by atoms with Gasteiger partial charge in [-0.05, 0) is 165 Å². The third kappa shape index (κ3) is 22.3. The molecule has 5 atom stereocenters. The zero-order valence-electron chi connectivity index (χ0n) is 59.5. The fourth-order valence-corrected chi connectivity index (χ4v) is 17.4. The molecule has 3 aliphatic rings. The number of allylic oxidation sites excluding steroid dienone is 1. The van der Waals surface area contributed by atoms with Gasteiger partial charge < -0.3 is 46.4 Å². The standard InChI is InChI=1S/C76H100ClF3N10O8S4/c1-52(54-19-21-56(22-20-54)69-53(2)84-51-100-69)85-72(93)67-45-62(91)49-90(67)73(94)70(74(3,4)5)83-36-15-10-8-9-11-16-39-88-41-43-89(44-42-88)40-34-61(50-99-63-17-13-12-14-18-63)86-66-32-31-64(46-68(66)101(95,96)76(78,79)80)102(97,98)87-71(92)57-25-29-60(30-26-57)82-38-37-81-48-58-47-75(6,7)35-33-65(58)55-23-27-59(77)28-24-55/h12-14,17-32,46,51-52,61-62,67,70,81-83,86,91H,8-11,15-16,33-45,47-50H2,1-7H3,(H,85,93)(H,87,92)/t52-,61+,62+,67-,70+/m0/s1. The molecule has 1 aliphatic carbocycles. The molecule has 26 heteroatoms. The number of aromatic nitrogens is 1. The quantitative estimate of drug-likeness (QED) is 0.0147. The molecule has 0 radical (unpaired) electrons. The SMILES string of the molecule is Cc1ncsc1-c1ccc([C@H](C)NC(=O)[C@@H]2C[C@@H](O)CN2C(=O)[C@@H](NCCCCCCCCN2CCN(CC[C@H](CSc3ccccc3)Nc3ccc(S(=O)(=O)NC(=O)c4ccc(NCCNCC5=C(c6ccc(Cl)cc6)CCC(C)(C)C5)cc4)cc3S(=O)(=O)C(F)(F)F)CC2)C(C)(C)C)cc1. The van der Waals surface area contributed by atoms with Gasteiger partial charge in [0.25, 0.3) is 25.8 Å². The van der Waals surface area contributed by atoms with Gasteiger partial charge in [-0.25, -0.2) is 26.5 Å². The summed E-state index contributed by atoms with van der Waals surface area (Å²) in [6.45, 7) is 21.8.